The summed E-state index contributed by atoms with van der Waals surface area (Å²) >= 11 is 5.86. The molecule has 0 aliphatic carbocycles. The SMILES string of the molecule is CN1CCC(CO)(c2ccc(Cl)cc2)C1. The summed E-state index contributed by atoms with van der Waals surface area (Å²) in [7, 11) is 2.09. The molecule has 3 heteroatoms. The molecule has 1 aliphatic heterocycles. The Bertz CT molecular complexity index is 338. The van der Waals surface area contributed by atoms with Crippen molar-refractivity contribution in [2.75, 3.05) is 26.7 Å². The number of rotatable bonds is 2. The summed E-state index contributed by atoms with van der Waals surface area (Å²) in [5.41, 5.74) is 1.11. The lowest BCUT2D eigenvalue weighted by Gasteiger charge is -2.27. The molecule has 0 aromatic heterocycles. The fourth-order valence-electron chi connectivity index (χ4n) is 2.34. The monoisotopic (exact) mass is 225 g/mol. The van der Waals surface area contributed by atoms with Crippen LogP contribution >= 0.6 is 11.6 Å². The molecule has 1 saturated heterocycles. The van der Waals surface area contributed by atoms with Crippen molar-refractivity contribution in [3.63, 3.8) is 0 Å². The zero-order valence-electron chi connectivity index (χ0n) is 8.91. The third-order valence-corrected chi connectivity index (χ3v) is 3.56. The van der Waals surface area contributed by atoms with Crippen molar-refractivity contribution in [2.45, 2.75) is 11.8 Å². The summed E-state index contributed by atoms with van der Waals surface area (Å²) in [6.45, 7) is 2.17. The lowest BCUT2D eigenvalue weighted by molar-refractivity contribution is 0.195. The summed E-state index contributed by atoms with van der Waals surface area (Å²) in [5, 5.41) is 10.3. The van der Waals surface area contributed by atoms with Gasteiger partial charge in [0.2, 0.25) is 0 Å². The number of hydrogen-bond donors (Lipinski definition) is 1. The van der Waals surface area contributed by atoms with Crippen molar-refractivity contribution < 1.29 is 5.11 Å². The second-order valence-electron chi connectivity index (χ2n) is 4.43. The fraction of sp³-hybridized carbons (Fsp3) is 0.500. The van der Waals surface area contributed by atoms with Crippen LogP contribution in [-0.4, -0.2) is 36.8 Å². The summed E-state index contributed by atoms with van der Waals surface area (Å²) in [6, 6.07) is 7.84. The number of benzene rings is 1. The minimum atomic E-state index is -0.0840. The first-order chi connectivity index (χ1) is 7.16. The summed E-state index contributed by atoms with van der Waals surface area (Å²) < 4.78 is 0. The number of nitrogens with zero attached hydrogens (tertiary/aromatic N) is 1. The van der Waals surface area contributed by atoms with Crippen LogP contribution in [-0.2, 0) is 5.41 Å². The Morgan fingerprint density at radius 1 is 1.40 bits per heavy atom. The Labute approximate surface area is 95.5 Å². The third-order valence-electron chi connectivity index (χ3n) is 3.30. The first-order valence-electron chi connectivity index (χ1n) is 5.22. The van der Waals surface area contributed by atoms with E-state index in [2.05, 4.69) is 11.9 Å². The lowest BCUT2D eigenvalue weighted by atomic mass is 9.80. The van der Waals surface area contributed by atoms with Gasteiger partial charge in [-0.1, -0.05) is 23.7 Å². The van der Waals surface area contributed by atoms with Crippen LogP contribution in [0.5, 0.6) is 0 Å². The maximum Gasteiger partial charge on any atom is 0.0540 e. The van der Waals surface area contributed by atoms with E-state index in [1.807, 2.05) is 24.3 Å². The highest BCUT2D eigenvalue weighted by Crippen LogP contribution is 2.33. The standard InChI is InChI=1S/C12H16ClNO/c1-14-7-6-12(8-14,9-15)10-2-4-11(13)5-3-10/h2-5,15H,6-9H2,1H3. The molecule has 1 fully saturated rings. The van der Waals surface area contributed by atoms with Gasteiger partial charge in [0, 0.05) is 17.0 Å². The average Bonchev–Trinajstić information content (AvgIpc) is 2.62. The van der Waals surface area contributed by atoms with E-state index < -0.39 is 0 Å². The normalized spacial score (nSPS) is 27.1. The molecule has 1 unspecified atom stereocenters. The van der Waals surface area contributed by atoms with Crippen LogP contribution in [0.25, 0.3) is 0 Å². The second-order valence-corrected chi connectivity index (χ2v) is 4.87. The van der Waals surface area contributed by atoms with Gasteiger partial charge in [0.15, 0.2) is 0 Å². The maximum absolute atomic E-state index is 9.60. The molecular weight excluding hydrogens is 210 g/mol. The van der Waals surface area contributed by atoms with E-state index in [4.69, 9.17) is 11.6 Å². The average molecular weight is 226 g/mol. The van der Waals surface area contributed by atoms with E-state index in [1.54, 1.807) is 0 Å². The van der Waals surface area contributed by atoms with Crippen LogP contribution < -0.4 is 0 Å². The molecular formula is C12H16ClNO. The molecule has 1 heterocycles. The van der Waals surface area contributed by atoms with E-state index >= 15 is 0 Å². The molecule has 1 aliphatic rings. The second kappa shape index (κ2) is 4.12. The van der Waals surface area contributed by atoms with Gasteiger partial charge in [-0.25, -0.2) is 0 Å². The summed E-state index contributed by atoms with van der Waals surface area (Å²) in [6.07, 6.45) is 1.02. The smallest absolute Gasteiger partial charge is 0.0540 e. The van der Waals surface area contributed by atoms with Gasteiger partial charge in [0.1, 0.15) is 0 Å². The van der Waals surface area contributed by atoms with E-state index in [0.717, 1.165) is 24.5 Å². The minimum absolute atomic E-state index is 0.0840. The van der Waals surface area contributed by atoms with Gasteiger partial charge in [0.05, 0.1) is 6.61 Å². The minimum Gasteiger partial charge on any atom is -0.395 e. The highest BCUT2D eigenvalue weighted by Gasteiger charge is 2.37. The number of likely N-dealkylation sites (tertiary alicyclic amines) is 1. The fourth-order valence-corrected chi connectivity index (χ4v) is 2.47. The number of likely N-dealkylation sites (N-methyl/N-ethyl adjacent to an activating group) is 1. The predicted octanol–water partition coefficient (Wildman–Crippen LogP) is 1.91. The first-order valence-corrected chi connectivity index (χ1v) is 5.59. The Kier molecular flexibility index (Phi) is 3.01. The molecule has 15 heavy (non-hydrogen) atoms. The molecule has 0 saturated carbocycles. The van der Waals surface area contributed by atoms with Crippen LogP contribution in [0.2, 0.25) is 5.02 Å². The van der Waals surface area contributed by atoms with Crippen LogP contribution in [0.4, 0.5) is 0 Å². The summed E-state index contributed by atoms with van der Waals surface area (Å²) in [5.74, 6) is 0. The molecule has 2 rings (SSSR count). The Morgan fingerprint density at radius 3 is 2.53 bits per heavy atom. The van der Waals surface area contributed by atoms with Crippen LogP contribution in [0.15, 0.2) is 24.3 Å². The zero-order chi connectivity index (χ0) is 10.9. The predicted molar refractivity (Wildman–Crippen MR) is 62.3 cm³/mol. The van der Waals surface area contributed by atoms with Crippen molar-refractivity contribution >= 4 is 11.6 Å². The third kappa shape index (κ3) is 2.03. The molecule has 0 amide bonds. The van der Waals surface area contributed by atoms with Gasteiger partial charge in [-0.05, 0) is 37.7 Å². The van der Waals surface area contributed by atoms with Crippen LogP contribution in [0.3, 0.4) is 0 Å². The molecule has 1 atom stereocenters. The number of halogens is 1. The van der Waals surface area contributed by atoms with Gasteiger partial charge in [-0.3, -0.25) is 0 Å². The first kappa shape index (κ1) is 10.9. The van der Waals surface area contributed by atoms with Crippen molar-refractivity contribution in [3.05, 3.63) is 34.9 Å². The van der Waals surface area contributed by atoms with Crippen molar-refractivity contribution in [1.82, 2.24) is 4.90 Å². The molecule has 0 spiro atoms. The van der Waals surface area contributed by atoms with Gasteiger partial charge >= 0.3 is 0 Å². The topological polar surface area (TPSA) is 23.5 Å². The van der Waals surface area contributed by atoms with E-state index in [0.29, 0.717) is 0 Å². The van der Waals surface area contributed by atoms with Gasteiger partial charge < -0.3 is 10.0 Å². The molecule has 82 valence electrons. The highest BCUT2D eigenvalue weighted by atomic mass is 35.5. The van der Waals surface area contributed by atoms with Crippen molar-refractivity contribution in [1.29, 1.82) is 0 Å². The zero-order valence-corrected chi connectivity index (χ0v) is 9.67. The number of aliphatic hydroxyl groups is 1. The highest BCUT2D eigenvalue weighted by molar-refractivity contribution is 6.30. The van der Waals surface area contributed by atoms with Gasteiger partial charge in [0.25, 0.3) is 0 Å². The number of aliphatic hydroxyl groups excluding tert-OH is 1. The summed E-state index contributed by atoms with van der Waals surface area (Å²) in [4.78, 5) is 2.25. The van der Waals surface area contributed by atoms with E-state index in [1.165, 1.54) is 5.56 Å². The van der Waals surface area contributed by atoms with E-state index in [-0.39, 0.29) is 12.0 Å². The Balaban J connectivity index is 2.30. The molecule has 1 aromatic carbocycles. The molecule has 0 radical (unpaired) electrons. The van der Waals surface area contributed by atoms with Crippen molar-refractivity contribution in [3.8, 4) is 0 Å². The quantitative estimate of drug-likeness (QED) is 0.831. The molecule has 2 nitrogen and oxygen atoms in total. The van der Waals surface area contributed by atoms with Crippen LogP contribution in [0, 0.1) is 0 Å². The lowest BCUT2D eigenvalue weighted by Crippen LogP contribution is -2.33. The molecule has 1 aromatic rings. The van der Waals surface area contributed by atoms with Gasteiger partial charge in [-0.2, -0.15) is 0 Å². The maximum atomic E-state index is 9.60. The van der Waals surface area contributed by atoms with Gasteiger partial charge in [-0.15, -0.1) is 0 Å². The Hall–Kier alpha value is -0.570. The molecule has 0 bridgehead atoms. The van der Waals surface area contributed by atoms with Crippen LogP contribution in [0.1, 0.15) is 12.0 Å². The largest absolute Gasteiger partial charge is 0.395 e. The Morgan fingerprint density at radius 2 is 2.07 bits per heavy atom. The van der Waals surface area contributed by atoms with E-state index in [9.17, 15) is 5.11 Å². The van der Waals surface area contributed by atoms with Crippen molar-refractivity contribution in [2.24, 2.45) is 0 Å². The molecule has 1 N–H and O–H groups in total. The number of hydrogen-bond acceptors (Lipinski definition) is 2.